The van der Waals surface area contributed by atoms with Gasteiger partial charge in [0, 0.05) is 11.1 Å². The minimum Gasteiger partial charge on any atom is -0.493 e. The highest BCUT2D eigenvalue weighted by atomic mass is 16.7. The molecule has 0 aliphatic carbocycles. The van der Waals surface area contributed by atoms with E-state index in [0.29, 0.717) is 26.4 Å². The molecule has 2 aliphatic rings. The minimum absolute atomic E-state index is 0.145. The third-order valence-corrected chi connectivity index (χ3v) is 5.67. The van der Waals surface area contributed by atoms with E-state index in [4.69, 9.17) is 14.2 Å². The lowest BCUT2D eigenvalue weighted by Crippen LogP contribution is -2.47. The van der Waals surface area contributed by atoms with Gasteiger partial charge in [-0.05, 0) is 43.9 Å². The number of nitrogens with zero attached hydrogens (tertiary/aromatic N) is 1. The molecule has 29 heavy (non-hydrogen) atoms. The molecule has 5 heteroatoms. The van der Waals surface area contributed by atoms with Crippen LogP contribution in [0.15, 0.2) is 36.4 Å². The first-order chi connectivity index (χ1) is 14.1. The van der Waals surface area contributed by atoms with Crippen LogP contribution in [0.2, 0.25) is 0 Å². The molecule has 0 unspecified atom stereocenters. The lowest BCUT2D eigenvalue weighted by atomic mass is 9.97. The van der Waals surface area contributed by atoms with Crippen molar-refractivity contribution in [3.8, 4) is 5.75 Å². The van der Waals surface area contributed by atoms with Gasteiger partial charge in [0.05, 0.1) is 32.1 Å². The number of amides is 1. The van der Waals surface area contributed by atoms with Crippen LogP contribution in [0.4, 0.5) is 5.69 Å². The number of hydrogen-bond donors (Lipinski definition) is 0. The number of carbonyl (C=O) groups is 1. The Morgan fingerprint density at radius 3 is 2.55 bits per heavy atom. The third-order valence-electron chi connectivity index (χ3n) is 5.67. The molecule has 0 atom stereocenters. The van der Waals surface area contributed by atoms with E-state index >= 15 is 0 Å². The maximum Gasteiger partial charge on any atom is 0.292 e. The number of unbranched alkanes of at least 4 members (excludes halogenated alkanes) is 1. The fourth-order valence-corrected chi connectivity index (χ4v) is 4.17. The Balaban J connectivity index is 1.73. The van der Waals surface area contributed by atoms with Crippen LogP contribution in [-0.2, 0) is 26.6 Å². The Morgan fingerprint density at radius 2 is 1.79 bits per heavy atom. The van der Waals surface area contributed by atoms with Crippen LogP contribution >= 0.6 is 0 Å². The first-order valence-corrected chi connectivity index (χ1v) is 10.5. The summed E-state index contributed by atoms with van der Waals surface area (Å²) in [5.74, 6) is -0.637. The molecule has 0 N–H and O–H groups in total. The Hall–Kier alpha value is -2.37. The molecule has 0 saturated carbocycles. The van der Waals surface area contributed by atoms with Gasteiger partial charge in [-0.15, -0.1) is 0 Å². The van der Waals surface area contributed by atoms with Crippen molar-refractivity contribution in [1.82, 2.24) is 0 Å². The van der Waals surface area contributed by atoms with E-state index in [1.165, 1.54) is 0 Å². The van der Waals surface area contributed by atoms with Gasteiger partial charge in [-0.3, -0.25) is 4.79 Å². The van der Waals surface area contributed by atoms with Crippen molar-refractivity contribution >= 4 is 11.6 Å². The summed E-state index contributed by atoms with van der Waals surface area (Å²) < 4.78 is 18.1. The molecular weight excluding hydrogens is 366 g/mol. The van der Waals surface area contributed by atoms with E-state index in [-0.39, 0.29) is 5.91 Å². The normalized spacial score (nSPS) is 17.6. The molecule has 1 amide bonds. The number of benzene rings is 2. The quantitative estimate of drug-likeness (QED) is 0.670. The third kappa shape index (κ3) is 3.43. The van der Waals surface area contributed by atoms with Gasteiger partial charge in [0.15, 0.2) is 0 Å². The highest BCUT2D eigenvalue weighted by Gasteiger charge is 2.56. The molecule has 0 bridgehead atoms. The lowest BCUT2D eigenvalue weighted by molar-refractivity contribution is -0.257. The van der Waals surface area contributed by atoms with Gasteiger partial charge in [0.1, 0.15) is 5.75 Å². The number of anilines is 1. The van der Waals surface area contributed by atoms with Crippen molar-refractivity contribution in [2.75, 3.05) is 24.7 Å². The summed E-state index contributed by atoms with van der Waals surface area (Å²) in [4.78, 5) is 15.5. The van der Waals surface area contributed by atoms with Crippen LogP contribution in [0.5, 0.6) is 5.75 Å². The summed E-state index contributed by atoms with van der Waals surface area (Å²) in [5, 5.41) is 0. The van der Waals surface area contributed by atoms with Gasteiger partial charge in [-0.2, -0.15) is 0 Å². The first kappa shape index (κ1) is 19.9. The fourth-order valence-electron chi connectivity index (χ4n) is 4.17. The summed E-state index contributed by atoms with van der Waals surface area (Å²) in [5.41, 5.74) is 4.79. The maximum absolute atomic E-state index is 13.7. The van der Waals surface area contributed by atoms with Gasteiger partial charge in [0.2, 0.25) is 0 Å². The Morgan fingerprint density at radius 1 is 1.07 bits per heavy atom. The van der Waals surface area contributed by atoms with Gasteiger partial charge in [-0.1, -0.05) is 43.7 Å². The van der Waals surface area contributed by atoms with Crippen molar-refractivity contribution in [1.29, 1.82) is 0 Å². The zero-order valence-corrected chi connectivity index (χ0v) is 17.5. The molecule has 2 aliphatic heterocycles. The number of hydrogen-bond acceptors (Lipinski definition) is 4. The van der Waals surface area contributed by atoms with Crippen molar-refractivity contribution in [3.05, 3.63) is 58.7 Å². The average molecular weight is 395 g/mol. The van der Waals surface area contributed by atoms with E-state index in [1.807, 2.05) is 49.1 Å². The molecule has 2 aromatic rings. The van der Waals surface area contributed by atoms with E-state index in [1.54, 1.807) is 0 Å². The predicted molar refractivity (Wildman–Crippen MR) is 112 cm³/mol. The van der Waals surface area contributed by atoms with Crippen molar-refractivity contribution < 1.29 is 19.0 Å². The molecule has 1 spiro atoms. The number of para-hydroxylation sites is 1. The smallest absolute Gasteiger partial charge is 0.292 e. The molecule has 2 aromatic carbocycles. The highest BCUT2D eigenvalue weighted by molar-refractivity contribution is 6.07. The monoisotopic (exact) mass is 395 g/mol. The summed E-state index contributed by atoms with van der Waals surface area (Å²) >= 11 is 0. The zero-order valence-electron chi connectivity index (χ0n) is 17.5. The Kier molecular flexibility index (Phi) is 5.61. The van der Waals surface area contributed by atoms with Crippen LogP contribution in [-0.4, -0.2) is 25.7 Å². The molecule has 1 fully saturated rings. The first-order valence-electron chi connectivity index (χ1n) is 10.5. The van der Waals surface area contributed by atoms with Crippen LogP contribution < -0.4 is 9.64 Å². The molecule has 0 radical (unpaired) electrons. The van der Waals surface area contributed by atoms with Gasteiger partial charge in [-0.25, -0.2) is 0 Å². The van der Waals surface area contributed by atoms with Crippen molar-refractivity contribution in [3.63, 3.8) is 0 Å². The summed E-state index contributed by atoms with van der Waals surface area (Å²) in [6.45, 7) is 8.32. The minimum atomic E-state index is -1.32. The van der Waals surface area contributed by atoms with Crippen molar-refractivity contribution in [2.45, 2.75) is 52.4 Å². The van der Waals surface area contributed by atoms with Crippen LogP contribution in [0.3, 0.4) is 0 Å². The van der Waals surface area contributed by atoms with Crippen molar-refractivity contribution in [2.24, 2.45) is 0 Å². The summed E-state index contributed by atoms with van der Waals surface area (Å²) in [6, 6.07) is 12.0. The van der Waals surface area contributed by atoms with E-state index in [9.17, 15) is 4.79 Å². The number of rotatable bonds is 6. The number of aryl methyl sites for hydroxylation is 2. The second kappa shape index (κ2) is 8.17. The molecule has 4 rings (SSSR count). The van der Waals surface area contributed by atoms with E-state index in [2.05, 4.69) is 13.0 Å². The van der Waals surface area contributed by atoms with Crippen LogP contribution in [0.25, 0.3) is 0 Å². The van der Waals surface area contributed by atoms with E-state index < -0.39 is 5.79 Å². The Bertz CT molecular complexity index is 902. The summed E-state index contributed by atoms with van der Waals surface area (Å²) in [6.07, 6.45) is 2.88. The number of fused-ring (bicyclic) bond motifs is 2. The number of ether oxygens (including phenoxy) is 3. The second-order valence-electron chi connectivity index (χ2n) is 7.79. The van der Waals surface area contributed by atoms with Gasteiger partial charge < -0.3 is 19.1 Å². The average Bonchev–Trinajstić information content (AvgIpc) is 2.96. The van der Waals surface area contributed by atoms with Gasteiger partial charge in [0.25, 0.3) is 11.7 Å². The maximum atomic E-state index is 13.7. The second-order valence-corrected chi connectivity index (χ2v) is 7.79. The lowest BCUT2D eigenvalue weighted by Gasteiger charge is -2.33. The molecule has 154 valence electrons. The Labute approximate surface area is 172 Å². The SMILES string of the molecule is CCCCOc1ccccc1CN1C(=O)C2(OCCCO2)c2c(C)ccc(C)c21. The standard InChI is InChI=1S/C24H29NO4/c1-4-5-13-27-20-10-7-6-9-19(20)16-25-22-18(3)12-11-17(2)21(22)24(23(25)26)28-14-8-15-29-24/h6-7,9-12H,4-5,8,13-16H2,1-3H3. The predicted octanol–water partition coefficient (Wildman–Crippen LogP) is 4.62. The topological polar surface area (TPSA) is 48.0 Å². The van der Waals surface area contributed by atoms with Crippen LogP contribution in [0.1, 0.15) is 48.4 Å². The largest absolute Gasteiger partial charge is 0.493 e. The van der Waals surface area contributed by atoms with Crippen LogP contribution in [0, 0.1) is 13.8 Å². The summed E-state index contributed by atoms with van der Waals surface area (Å²) in [7, 11) is 0. The highest BCUT2D eigenvalue weighted by Crippen LogP contribution is 2.49. The molecular formula is C24H29NO4. The zero-order chi connectivity index (χ0) is 20.4. The fraction of sp³-hybridized carbons (Fsp3) is 0.458. The molecule has 5 nitrogen and oxygen atoms in total. The molecule has 0 aromatic heterocycles. The molecule has 2 heterocycles. The van der Waals surface area contributed by atoms with E-state index in [0.717, 1.165) is 53.0 Å². The van der Waals surface area contributed by atoms with Gasteiger partial charge >= 0.3 is 0 Å². The molecule has 1 saturated heterocycles. The number of carbonyl (C=O) groups excluding carboxylic acids is 1.